The Morgan fingerprint density at radius 3 is 2.39 bits per heavy atom. The van der Waals surface area contributed by atoms with Gasteiger partial charge < -0.3 is 5.32 Å². The number of rotatable bonds is 9. The van der Waals surface area contributed by atoms with Crippen molar-refractivity contribution < 1.29 is 26.2 Å². The van der Waals surface area contributed by atoms with Crippen molar-refractivity contribution in [3.63, 3.8) is 0 Å². The van der Waals surface area contributed by atoms with Crippen molar-refractivity contribution >= 4 is 37.6 Å². The molecule has 2 aromatic carbocycles. The van der Waals surface area contributed by atoms with E-state index in [0.29, 0.717) is 18.0 Å². The van der Waals surface area contributed by atoms with E-state index in [9.17, 15) is 21.6 Å². The predicted octanol–water partition coefficient (Wildman–Crippen LogP) is 1.58. The molecular formula is C20H23ClN2O6S2. The summed E-state index contributed by atoms with van der Waals surface area (Å²) < 4.78 is 57.6. The predicted molar refractivity (Wildman–Crippen MR) is 117 cm³/mol. The number of amides is 1. The third kappa shape index (κ3) is 7.01. The lowest BCUT2D eigenvalue weighted by Gasteiger charge is -2.11. The van der Waals surface area contributed by atoms with Crippen molar-refractivity contribution in [2.24, 2.45) is 5.92 Å². The number of benzene rings is 2. The van der Waals surface area contributed by atoms with Gasteiger partial charge in [0.2, 0.25) is 15.9 Å². The molecule has 11 heteroatoms. The van der Waals surface area contributed by atoms with Crippen LogP contribution in [0.1, 0.15) is 16.7 Å². The van der Waals surface area contributed by atoms with Crippen LogP contribution in [0, 0.1) is 5.92 Å². The molecule has 3 N–H and O–H groups in total. The van der Waals surface area contributed by atoms with Gasteiger partial charge in [0, 0.05) is 18.1 Å². The molecule has 31 heavy (non-hydrogen) atoms. The minimum atomic E-state index is -4.11. The number of fused-ring (bicyclic) bond motifs is 1. The highest BCUT2D eigenvalue weighted by atomic mass is 35.5. The summed E-state index contributed by atoms with van der Waals surface area (Å²) in [5.74, 6) is -0.763. The fourth-order valence-corrected chi connectivity index (χ4v) is 5.11. The van der Waals surface area contributed by atoms with Gasteiger partial charge in [-0.1, -0.05) is 29.8 Å². The van der Waals surface area contributed by atoms with Crippen LogP contribution in [-0.4, -0.2) is 46.1 Å². The molecule has 0 fully saturated rings. The summed E-state index contributed by atoms with van der Waals surface area (Å²) in [6.07, 6.45) is 1.52. The van der Waals surface area contributed by atoms with Crippen LogP contribution in [0.3, 0.4) is 0 Å². The lowest BCUT2D eigenvalue weighted by molar-refractivity contribution is -0.120. The Morgan fingerprint density at radius 1 is 1.03 bits per heavy atom. The highest BCUT2D eigenvalue weighted by Gasteiger charge is 2.24. The first-order valence-electron chi connectivity index (χ1n) is 9.59. The summed E-state index contributed by atoms with van der Waals surface area (Å²) in [5, 5.41) is 2.92. The maximum absolute atomic E-state index is 12.4. The molecule has 1 aliphatic rings. The zero-order valence-electron chi connectivity index (χ0n) is 16.5. The standard InChI is InChI=1S/C20H23ClN2O6S2/c21-18-3-5-19(6-4-18)31(28,29)23-13-15-10-16-2-1-14(9-17(16)11-15)12-20(24)22-7-8-30(25,26)27/h1-6,9,15,23H,7-8,10-13H2,(H,22,24)(H,25,26,27). The molecule has 0 aromatic heterocycles. The van der Waals surface area contributed by atoms with E-state index in [2.05, 4.69) is 10.0 Å². The molecule has 8 nitrogen and oxygen atoms in total. The van der Waals surface area contributed by atoms with E-state index < -0.39 is 25.9 Å². The lowest BCUT2D eigenvalue weighted by Crippen LogP contribution is -2.30. The monoisotopic (exact) mass is 486 g/mol. The van der Waals surface area contributed by atoms with Crippen molar-refractivity contribution in [3.05, 3.63) is 64.2 Å². The van der Waals surface area contributed by atoms with Crippen LogP contribution in [0.2, 0.25) is 5.02 Å². The van der Waals surface area contributed by atoms with Crippen LogP contribution in [0.4, 0.5) is 0 Å². The zero-order valence-corrected chi connectivity index (χ0v) is 18.9. The molecule has 0 saturated carbocycles. The minimum absolute atomic E-state index is 0.0899. The molecule has 1 atom stereocenters. The quantitative estimate of drug-likeness (QED) is 0.461. The lowest BCUT2D eigenvalue weighted by atomic mass is 10.0. The van der Waals surface area contributed by atoms with Gasteiger partial charge in [-0.3, -0.25) is 9.35 Å². The van der Waals surface area contributed by atoms with Gasteiger partial charge in [0.25, 0.3) is 10.1 Å². The van der Waals surface area contributed by atoms with E-state index in [-0.39, 0.29) is 29.7 Å². The average Bonchev–Trinajstić information content (AvgIpc) is 3.08. The van der Waals surface area contributed by atoms with E-state index >= 15 is 0 Å². The minimum Gasteiger partial charge on any atom is -0.355 e. The van der Waals surface area contributed by atoms with Gasteiger partial charge in [0.15, 0.2) is 0 Å². The van der Waals surface area contributed by atoms with Gasteiger partial charge in [-0.15, -0.1) is 0 Å². The highest BCUT2D eigenvalue weighted by molar-refractivity contribution is 7.89. The van der Waals surface area contributed by atoms with E-state index in [4.69, 9.17) is 16.2 Å². The average molecular weight is 487 g/mol. The summed E-state index contributed by atoms with van der Waals surface area (Å²) in [6.45, 7) is 0.142. The highest BCUT2D eigenvalue weighted by Crippen LogP contribution is 2.28. The van der Waals surface area contributed by atoms with Crippen LogP contribution in [-0.2, 0) is 44.2 Å². The Bertz CT molecular complexity index is 1160. The van der Waals surface area contributed by atoms with Gasteiger partial charge in [-0.25, -0.2) is 13.1 Å². The first kappa shape index (κ1) is 23.7. The third-order valence-electron chi connectivity index (χ3n) is 5.02. The first-order chi connectivity index (χ1) is 14.5. The molecule has 0 bridgehead atoms. The largest absolute Gasteiger partial charge is 0.355 e. The zero-order chi connectivity index (χ0) is 22.6. The van der Waals surface area contributed by atoms with Crippen molar-refractivity contribution in [2.45, 2.75) is 24.2 Å². The molecule has 1 aliphatic carbocycles. The number of sulfonamides is 1. The van der Waals surface area contributed by atoms with E-state index in [0.717, 1.165) is 23.1 Å². The van der Waals surface area contributed by atoms with Crippen molar-refractivity contribution in [2.75, 3.05) is 18.8 Å². The van der Waals surface area contributed by atoms with Gasteiger partial charge in [-0.2, -0.15) is 8.42 Å². The van der Waals surface area contributed by atoms with Gasteiger partial charge >= 0.3 is 0 Å². The van der Waals surface area contributed by atoms with Crippen LogP contribution in [0.5, 0.6) is 0 Å². The molecule has 0 radical (unpaired) electrons. The molecule has 0 aliphatic heterocycles. The molecule has 0 spiro atoms. The third-order valence-corrected chi connectivity index (χ3v) is 7.43. The number of carbonyl (C=O) groups is 1. The summed E-state index contributed by atoms with van der Waals surface area (Å²) in [5.41, 5.74) is 2.97. The fourth-order valence-electron chi connectivity index (χ4n) is 3.51. The Labute approximate surface area is 186 Å². The Morgan fingerprint density at radius 2 is 1.71 bits per heavy atom. The molecule has 0 saturated heterocycles. The second kappa shape index (κ2) is 9.66. The summed E-state index contributed by atoms with van der Waals surface area (Å²) in [6, 6.07) is 11.7. The van der Waals surface area contributed by atoms with Crippen LogP contribution >= 0.6 is 11.6 Å². The summed E-state index contributed by atoms with van der Waals surface area (Å²) in [4.78, 5) is 12.1. The molecule has 2 aromatic rings. The Balaban J connectivity index is 1.53. The molecule has 168 valence electrons. The normalized spacial score (nSPS) is 16.1. The topological polar surface area (TPSA) is 130 Å². The van der Waals surface area contributed by atoms with Crippen LogP contribution in [0.15, 0.2) is 47.4 Å². The van der Waals surface area contributed by atoms with Crippen LogP contribution < -0.4 is 10.0 Å². The second-order valence-electron chi connectivity index (χ2n) is 7.50. The van der Waals surface area contributed by atoms with Crippen molar-refractivity contribution in [1.29, 1.82) is 0 Å². The summed E-state index contributed by atoms with van der Waals surface area (Å²) >= 11 is 5.81. The molecule has 0 heterocycles. The van der Waals surface area contributed by atoms with Gasteiger partial charge in [0.1, 0.15) is 0 Å². The SMILES string of the molecule is O=C(Cc1ccc2c(c1)CC(CNS(=O)(=O)c1ccc(Cl)cc1)C2)NCCS(=O)(=O)O. The smallest absolute Gasteiger partial charge is 0.266 e. The van der Waals surface area contributed by atoms with Crippen LogP contribution in [0.25, 0.3) is 0 Å². The molecule has 3 rings (SSSR count). The van der Waals surface area contributed by atoms with Crippen molar-refractivity contribution in [3.8, 4) is 0 Å². The second-order valence-corrected chi connectivity index (χ2v) is 11.3. The maximum Gasteiger partial charge on any atom is 0.266 e. The Kier molecular flexibility index (Phi) is 7.38. The van der Waals surface area contributed by atoms with E-state index in [1.807, 2.05) is 18.2 Å². The molecule has 1 amide bonds. The number of hydrogen-bond donors (Lipinski definition) is 3. The van der Waals surface area contributed by atoms with Crippen molar-refractivity contribution in [1.82, 2.24) is 10.0 Å². The maximum atomic E-state index is 12.4. The van der Waals surface area contributed by atoms with Gasteiger partial charge in [-0.05, 0) is 59.7 Å². The number of nitrogens with one attached hydrogen (secondary N) is 2. The van der Waals surface area contributed by atoms with Gasteiger partial charge in [0.05, 0.1) is 17.1 Å². The number of carbonyl (C=O) groups excluding carboxylic acids is 1. The summed E-state index contributed by atoms with van der Waals surface area (Å²) in [7, 11) is -7.73. The fraction of sp³-hybridized carbons (Fsp3) is 0.350. The van der Waals surface area contributed by atoms with E-state index in [1.165, 1.54) is 24.3 Å². The Hall–Kier alpha value is -1.98. The number of halogens is 1. The number of hydrogen-bond acceptors (Lipinski definition) is 5. The molecular weight excluding hydrogens is 464 g/mol. The van der Waals surface area contributed by atoms with E-state index in [1.54, 1.807) is 0 Å². The molecule has 1 unspecified atom stereocenters. The first-order valence-corrected chi connectivity index (χ1v) is 13.1.